The molecule has 2 aromatic carbocycles. The predicted octanol–water partition coefficient (Wildman–Crippen LogP) is 3.61. The molecule has 1 atom stereocenters. The van der Waals surface area contributed by atoms with Crippen molar-refractivity contribution in [2.45, 2.75) is 32.9 Å². The Balaban J connectivity index is 1.92. The Labute approximate surface area is 130 Å². The SMILES string of the molecule is CCC(Oc1cccc(C)c1)C(=O)NCc1ccc(F)cc1. The molecule has 0 heterocycles. The summed E-state index contributed by atoms with van der Waals surface area (Å²) in [5.41, 5.74) is 1.93. The number of halogens is 1. The molecule has 4 heteroatoms. The molecule has 0 aliphatic heterocycles. The summed E-state index contributed by atoms with van der Waals surface area (Å²) in [6.07, 6.45) is 0.0330. The summed E-state index contributed by atoms with van der Waals surface area (Å²) in [6, 6.07) is 13.7. The lowest BCUT2D eigenvalue weighted by molar-refractivity contribution is -0.128. The number of carbonyl (C=O) groups is 1. The van der Waals surface area contributed by atoms with Gasteiger partial charge < -0.3 is 10.1 Å². The van der Waals surface area contributed by atoms with Gasteiger partial charge in [0.2, 0.25) is 0 Å². The van der Waals surface area contributed by atoms with Crippen LogP contribution in [0.15, 0.2) is 48.5 Å². The van der Waals surface area contributed by atoms with Crippen molar-refractivity contribution in [2.75, 3.05) is 0 Å². The molecule has 0 bridgehead atoms. The van der Waals surface area contributed by atoms with Crippen molar-refractivity contribution in [2.24, 2.45) is 0 Å². The Morgan fingerprint density at radius 3 is 2.59 bits per heavy atom. The summed E-state index contributed by atoms with van der Waals surface area (Å²) in [7, 11) is 0. The van der Waals surface area contributed by atoms with E-state index in [1.807, 2.05) is 38.1 Å². The van der Waals surface area contributed by atoms with Gasteiger partial charge in [0, 0.05) is 6.54 Å². The number of nitrogens with one attached hydrogen (secondary N) is 1. The van der Waals surface area contributed by atoms with E-state index in [1.54, 1.807) is 12.1 Å². The van der Waals surface area contributed by atoms with Crippen molar-refractivity contribution >= 4 is 5.91 Å². The van der Waals surface area contributed by atoms with Gasteiger partial charge in [-0.3, -0.25) is 4.79 Å². The quantitative estimate of drug-likeness (QED) is 0.885. The van der Waals surface area contributed by atoms with Crippen molar-refractivity contribution in [1.29, 1.82) is 0 Å². The molecule has 116 valence electrons. The van der Waals surface area contributed by atoms with Crippen LogP contribution in [-0.4, -0.2) is 12.0 Å². The standard InChI is InChI=1S/C18H20FNO2/c1-3-17(22-16-6-4-5-13(2)11-16)18(21)20-12-14-7-9-15(19)10-8-14/h4-11,17H,3,12H2,1-2H3,(H,20,21). The van der Waals surface area contributed by atoms with Crippen molar-refractivity contribution in [3.63, 3.8) is 0 Å². The molecule has 0 fully saturated rings. The molecule has 1 unspecified atom stereocenters. The zero-order valence-electron chi connectivity index (χ0n) is 12.8. The number of hydrogen-bond donors (Lipinski definition) is 1. The third-order valence-corrected chi connectivity index (χ3v) is 3.31. The van der Waals surface area contributed by atoms with Gasteiger partial charge in [-0.2, -0.15) is 0 Å². The minimum atomic E-state index is -0.540. The lowest BCUT2D eigenvalue weighted by Crippen LogP contribution is -2.37. The maximum atomic E-state index is 12.8. The minimum Gasteiger partial charge on any atom is -0.481 e. The smallest absolute Gasteiger partial charge is 0.261 e. The van der Waals surface area contributed by atoms with Gasteiger partial charge in [0.15, 0.2) is 6.10 Å². The third kappa shape index (κ3) is 4.58. The van der Waals surface area contributed by atoms with E-state index in [4.69, 9.17) is 4.74 Å². The highest BCUT2D eigenvalue weighted by molar-refractivity contribution is 5.81. The number of hydrogen-bond acceptors (Lipinski definition) is 2. The molecule has 1 N–H and O–H groups in total. The lowest BCUT2D eigenvalue weighted by atomic mass is 10.2. The van der Waals surface area contributed by atoms with Crippen LogP contribution in [0.4, 0.5) is 4.39 Å². The molecule has 0 aromatic heterocycles. The molecule has 0 radical (unpaired) electrons. The Hall–Kier alpha value is -2.36. The maximum absolute atomic E-state index is 12.8. The average Bonchev–Trinajstić information content (AvgIpc) is 2.52. The zero-order chi connectivity index (χ0) is 15.9. The van der Waals surface area contributed by atoms with Crippen LogP contribution in [0.1, 0.15) is 24.5 Å². The molecule has 3 nitrogen and oxygen atoms in total. The number of aryl methyl sites for hydroxylation is 1. The first-order valence-corrected chi connectivity index (χ1v) is 7.34. The number of amides is 1. The zero-order valence-corrected chi connectivity index (χ0v) is 12.8. The van der Waals surface area contributed by atoms with Crippen molar-refractivity contribution in [1.82, 2.24) is 5.32 Å². The summed E-state index contributed by atoms with van der Waals surface area (Å²) in [5.74, 6) is 0.224. The van der Waals surface area contributed by atoms with Crippen LogP contribution in [0.25, 0.3) is 0 Å². The number of ether oxygens (including phenoxy) is 1. The Bertz CT molecular complexity index is 625. The van der Waals surface area contributed by atoms with Gasteiger partial charge >= 0.3 is 0 Å². The molecule has 2 rings (SSSR count). The molecule has 0 spiro atoms. The van der Waals surface area contributed by atoms with Gasteiger partial charge in [0.05, 0.1) is 0 Å². The van der Waals surface area contributed by atoms with Gasteiger partial charge in [-0.15, -0.1) is 0 Å². The van der Waals surface area contributed by atoms with E-state index in [0.717, 1.165) is 11.1 Å². The fourth-order valence-electron chi connectivity index (χ4n) is 2.08. The third-order valence-electron chi connectivity index (χ3n) is 3.31. The fourth-order valence-corrected chi connectivity index (χ4v) is 2.08. The number of rotatable bonds is 6. The van der Waals surface area contributed by atoms with Crippen LogP contribution in [0.2, 0.25) is 0 Å². The van der Waals surface area contributed by atoms with Crippen molar-refractivity contribution < 1.29 is 13.9 Å². The summed E-state index contributed by atoms with van der Waals surface area (Å²) in [4.78, 5) is 12.2. The molecule has 1 amide bonds. The second kappa shape index (κ2) is 7.59. The van der Waals surface area contributed by atoms with Gasteiger partial charge in [0.25, 0.3) is 5.91 Å². The summed E-state index contributed by atoms with van der Waals surface area (Å²) < 4.78 is 18.6. The van der Waals surface area contributed by atoms with Gasteiger partial charge in [0.1, 0.15) is 11.6 Å². The largest absolute Gasteiger partial charge is 0.481 e. The van der Waals surface area contributed by atoms with Crippen LogP contribution < -0.4 is 10.1 Å². The van der Waals surface area contributed by atoms with Gasteiger partial charge in [-0.25, -0.2) is 4.39 Å². The highest BCUT2D eigenvalue weighted by Gasteiger charge is 2.18. The van der Waals surface area contributed by atoms with Crippen molar-refractivity contribution in [3.8, 4) is 5.75 Å². The molecule has 0 saturated carbocycles. The summed E-state index contributed by atoms with van der Waals surface area (Å²) in [6.45, 7) is 4.23. The van der Waals surface area contributed by atoms with E-state index in [1.165, 1.54) is 12.1 Å². The van der Waals surface area contributed by atoms with Gasteiger partial charge in [-0.05, 0) is 48.7 Å². The Morgan fingerprint density at radius 1 is 1.23 bits per heavy atom. The highest BCUT2D eigenvalue weighted by atomic mass is 19.1. The second-order valence-corrected chi connectivity index (χ2v) is 5.18. The molecular formula is C18H20FNO2. The van der Waals surface area contributed by atoms with E-state index in [0.29, 0.717) is 18.7 Å². The molecule has 2 aromatic rings. The fraction of sp³-hybridized carbons (Fsp3) is 0.278. The Morgan fingerprint density at radius 2 is 1.95 bits per heavy atom. The average molecular weight is 301 g/mol. The van der Waals surface area contributed by atoms with Crippen LogP contribution in [0, 0.1) is 12.7 Å². The summed E-state index contributed by atoms with van der Waals surface area (Å²) in [5, 5.41) is 2.82. The first-order valence-electron chi connectivity index (χ1n) is 7.34. The topological polar surface area (TPSA) is 38.3 Å². The molecule has 22 heavy (non-hydrogen) atoms. The number of carbonyl (C=O) groups excluding carboxylic acids is 1. The summed E-state index contributed by atoms with van der Waals surface area (Å²) >= 11 is 0. The molecule has 0 aliphatic rings. The van der Waals surface area contributed by atoms with Crippen LogP contribution in [0.3, 0.4) is 0 Å². The van der Waals surface area contributed by atoms with E-state index < -0.39 is 6.10 Å². The normalized spacial score (nSPS) is 11.8. The predicted molar refractivity (Wildman–Crippen MR) is 84.1 cm³/mol. The first kappa shape index (κ1) is 16.0. The van der Waals surface area contributed by atoms with Crippen LogP contribution >= 0.6 is 0 Å². The second-order valence-electron chi connectivity index (χ2n) is 5.18. The van der Waals surface area contributed by atoms with Crippen LogP contribution in [-0.2, 0) is 11.3 Å². The monoisotopic (exact) mass is 301 g/mol. The first-order chi connectivity index (χ1) is 10.6. The maximum Gasteiger partial charge on any atom is 0.261 e. The Kier molecular flexibility index (Phi) is 5.53. The van der Waals surface area contributed by atoms with Crippen molar-refractivity contribution in [3.05, 3.63) is 65.5 Å². The van der Waals surface area contributed by atoms with E-state index in [-0.39, 0.29) is 11.7 Å². The van der Waals surface area contributed by atoms with Crippen LogP contribution in [0.5, 0.6) is 5.75 Å². The molecule has 0 aliphatic carbocycles. The lowest BCUT2D eigenvalue weighted by Gasteiger charge is -2.17. The van der Waals surface area contributed by atoms with E-state index in [2.05, 4.69) is 5.32 Å². The minimum absolute atomic E-state index is 0.173. The van der Waals surface area contributed by atoms with E-state index >= 15 is 0 Å². The van der Waals surface area contributed by atoms with Gasteiger partial charge in [-0.1, -0.05) is 31.2 Å². The highest BCUT2D eigenvalue weighted by Crippen LogP contribution is 2.15. The number of benzene rings is 2. The molecular weight excluding hydrogens is 281 g/mol. The molecule has 0 saturated heterocycles. The van der Waals surface area contributed by atoms with E-state index in [9.17, 15) is 9.18 Å².